The van der Waals surface area contributed by atoms with Crippen molar-refractivity contribution >= 4 is 11.9 Å². The van der Waals surface area contributed by atoms with E-state index >= 15 is 0 Å². The van der Waals surface area contributed by atoms with E-state index in [-0.39, 0.29) is 12.8 Å². The third kappa shape index (κ3) is 4.09. The number of hydrogen-bond donors (Lipinski definition) is 1. The summed E-state index contributed by atoms with van der Waals surface area (Å²) in [5.41, 5.74) is -0.392. The molecule has 1 saturated heterocycles. The number of hydrogen-bond acceptors (Lipinski definition) is 4. The maximum atomic E-state index is 13.1. The summed E-state index contributed by atoms with van der Waals surface area (Å²) in [6, 6.07) is 18.6. The lowest BCUT2D eigenvalue weighted by molar-refractivity contribution is -0.173. The number of carbonyl (C=O) groups excluding carboxylic acids is 1. The first-order chi connectivity index (χ1) is 13.2. The maximum Gasteiger partial charge on any atom is 0.342 e. The van der Waals surface area contributed by atoms with Crippen molar-refractivity contribution in [2.75, 3.05) is 0 Å². The largest absolute Gasteiger partial charge is 0.481 e. The number of cyclic esters (lactones) is 1. The lowest BCUT2D eigenvalue weighted by Gasteiger charge is -2.32. The predicted molar refractivity (Wildman–Crippen MR) is 105 cm³/mol. The summed E-state index contributed by atoms with van der Waals surface area (Å²) in [4.78, 5) is 25.4. The number of carboxylic acid groups (broad SMARTS) is 1. The molecule has 0 aromatic heterocycles. The number of aliphatic carboxylic acids is 1. The second kappa shape index (κ2) is 7.76. The summed E-state index contributed by atoms with van der Waals surface area (Å²) in [6.45, 7) is 5.70. The van der Waals surface area contributed by atoms with Crippen LogP contribution in [0.15, 0.2) is 60.7 Å². The quantitative estimate of drug-likeness (QED) is 0.768. The molecule has 3 rings (SSSR count). The molecule has 28 heavy (non-hydrogen) atoms. The van der Waals surface area contributed by atoms with E-state index in [1.54, 1.807) is 0 Å². The Bertz CT molecular complexity index is 825. The molecule has 0 spiro atoms. The van der Waals surface area contributed by atoms with Crippen molar-refractivity contribution < 1.29 is 24.2 Å². The molecule has 1 N–H and O–H groups in total. The smallest absolute Gasteiger partial charge is 0.342 e. The molecule has 0 amide bonds. The zero-order chi connectivity index (χ0) is 20.4. The molecule has 1 aliphatic rings. The van der Waals surface area contributed by atoms with Gasteiger partial charge in [0.25, 0.3) is 0 Å². The number of ether oxygens (including phenoxy) is 2. The first-order valence-corrected chi connectivity index (χ1v) is 9.42. The molecule has 0 radical (unpaired) electrons. The Morgan fingerprint density at radius 1 is 1.04 bits per heavy atom. The first-order valence-electron chi connectivity index (χ1n) is 9.42. The van der Waals surface area contributed by atoms with Crippen molar-refractivity contribution in [2.45, 2.75) is 45.5 Å². The van der Waals surface area contributed by atoms with Crippen LogP contribution in [0.2, 0.25) is 0 Å². The van der Waals surface area contributed by atoms with E-state index in [9.17, 15) is 14.7 Å². The number of carboxylic acids is 1. The highest BCUT2D eigenvalue weighted by molar-refractivity contribution is 5.89. The van der Waals surface area contributed by atoms with Gasteiger partial charge in [0.15, 0.2) is 5.60 Å². The number of benzene rings is 2. The van der Waals surface area contributed by atoms with Crippen LogP contribution >= 0.6 is 0 Å². The number of rotatable bonds is 6. The van der Waals surface area contributed by atoms with Crippen molar-refractivity contribution in [3.63, 3.8) is 0 Å². The lowest BCUT2D eigenvalue weighted by atomic mass is 9.78. The van der Waals surface area contributed by atoms with Crippen LogP contribution in [0, 0.1) is 11.3 Å². The highest BCUT2D eigenvalue weighted by atomic mass is 16.8. The summed E-state index contributed by atoms with van der Waals surface area (Å²) >= 11 is 0. The summed E-state index contributed by atoms with van der Waals surface area (Å²) in [5, 5.41) is 10.1. The molecular weight excluding hydrogens is 356 g/mol. The van der Waals surface area contributed by atoms with E-state index in [1.807, 2.05) is 81.4 Å². The third-order valence-corrected chi connectivity index (χ3v) is 5.04. The van der Waals surface area contributed by atoms with Gasteiger partial charge in [-0.05, 0) is 17.5 Å². The molecule has 1 fully saturated rings. The average molecular weight is 382 g/mol. The van der Waals surface area contributed by atoms with Gasteiger partial charge in [-0.2, -0.15) is 0 Å². The minimum absolute atomic E-state index is 0.142. The second-order valence-corrected chi connectivity index (χ2v) is 8.35. The minimum atomic E-state index is -1.58. The Hall–Kier alpha value is -2.66. The van der Waals surface area contributed by atoms with Crippen molar-refractivity contribution in [3.05, 3.63) is 71.8 Å². The summed E-state index contributed by atoms with van der Waals surface area (Å²) < 4.78 is 11.7. The van der Waals surface area contributed by atoms with Gasteiger partial charge in [0.05, 0.1) is 0 Å². The van der Waals surface area contributed by atoms with Crippen molar-refractivity contribution in [1.29, 1.82) is 0 Å². The molecule has 2 aromatic carbocycles. The fourth-order valence-electron chi connectivity index (χ4n) is 3.48. The van der Waals surface area contributed by atoms with Crippen molar-refractivity contribution in [3.8, 4) is 0 Å². The predicted octanol–water partition coefficient (Wildman–Crippen LogP) is 3.86. The second-order valence-electron chi connectivity index (χ2n) is 8.35. The highest BCUT2D eigenvalue weighted by Crippen LogP contribution is 2.42. The topological polar surface area (TPSA) is 72.8 Å². The van der Waals surface area contributed by atoms with Gasteiger partial charge >= 0.3 is 11.9 Å². The summed E-state index contributed by atoms with van der Waals surface area (Å²) in [5.74, 6) is -2.76. The van der Waals surface area contributed by atoms with Gasteiger partial charge in [0.2, 0.25) is 6.29 Å². The molecule has 1 heterocycles. The minimum Gasteiger partial charge on any atom is -0.481 e. The first kappa shape index (κ1) is 20.1. The van der Waals surface area contributed by atoms with Gasteiger partial charge < -0.3 is 14.6 Å². The van der Waals surface area contributed by atoms with E-state index in [0.717, 1.165) is 11.1 Å². The molecule has 0 saturated carbocycles. The molecule has 0 bridgehead atoms. The monoisotopic (exact) mass is 382 g/mol. The number of esters is 1. The zero-order valence-corrected chi connectivity index (χ0v) is 16.4. The summed E-state index contributed by atoms with van der Waals surface area (Å²) in [7, 11) is 0. The maximum absolute atomic E-state index is 13.1. The normalized spacial score (nSPS) is 23.2. The van der Waals surface area contributed by atoms with Crippen LogP contribution in [0.4, 0.5) is 0 Å². The van der Waals surface area contributed by atoms with Gasteiger partial charge in [-0.25, -0.2) is 4.79 Å². The zero-order valence-electron chi connectivity index (χ0n) is 16.4. The van der Waals surface area contributed by atoms with Gasteiger partial charge in [0.1, 0.15) is 5.92 Å². The molecule has 148 valence electrons. The molecule has 3 atom stereocenters. The van der Waals surface area contributed by atoms with Crippen LogP contribution in [0.1, 0.15) is 31.9 Å². The standard InChI is InChI=1S/C23H26O5/c1-22(2,3)21-27-20(26)23(28-21,15-17-12-8-5-9-13-17)18(19(24)25)14-16-10-6-4-7-11-16/h4-13,18,21H,14-15H2,1-3H3,(H,24,25)/t18?,21-,23?/m1/s1. The Labute approximate surface area is 165 Å². The SMILES string of the molecule is CC(C)(C)[C@@H]1OC(=O)C(Cc2ccccc2)(C(Cc2ccccc2)C(=O)O)O1. The van der Waals surface area contributed by atoms with Crippen LogP contribution in [0.5, 0.6) is 0 Å². The van der Waals surface area contributed by atoms with Crippen LogP contribution < -0.4 is 0 Å². The van der Waals surface area contributed by atoms with Gasteiger partial charge in [0, 0.05) is 11.8 Å². The Morgan fingerprint density at radius 3 is 2.04 bits per heavy atom. The molecule has 0 aliphatic carbocycles. The molecule has 2 unspecified atom stereocenters. The van der Waals surface area contributed by atoms with Crippen molar-refractivity contribution in [2.24, 2.45) is 11.3 Å². The molecule has 5 heteroatoms. The Kier molecular flexibility index (Phi) is 5.57. The fraction of sp³-hybridized carbons (Fsp3) is 0.391. The van der Waals surface area contributed by atoms with Crippen LogP contribution in [0.3, 0.4) is 0 Å². The van der Waals surface area contributed by atoms with E-state index in [2.05, 4.69) is 0 Å². The third-order valence-electron chi connectivity index (χ3n) is 5.04. The Morgan fingerprint density at radius 2 is 1.57 bits per heavy atom. The average Bonchev–Trinajstić information content (AvgIpc) is 2.98. The fourth-order valence-corrected chi connectivity index (χ4v) is 3.48. The number of carbonyl (C=O) groups is 2. The molecule has 1 aliphatic heterocycles. The lowest BCUT2D eigenvalue weighted by Crippen LogP contribution is -2.51. The molecule has 2 aromatic rings. The van der Waals surface area contributed by atoms with Gasteiger partial charge in [-0.1, -0.05) is 81.4 Å². The molecule has 5 nitrogen and oxygen atoms in total. The van der Waals surface area contributed by atoms with E-state index in [1.165, 1.54) is 0 Å². The van der Waals surface area contributed by atoms with E-state index < -0.39 is 35.2 Å². The summed E-state index contributed by atoms with van der Waals surface area (Å²) in [6.07, 6.45) is -0.487. The highest BCUT2D eigenvalue weighted by Gasteiger charge is 2.60. The molecular formula is C23H26O5. The van der Waals surface area contributed by atoms with Gasteiger partial charge in [-0.15, -0.1) is 0 Å². The Balaban J connectivity index is 2.03. The van der Waals surface area contributed by atoms with E-state index in [0.29, 0.717) is 0 Å². The van der Waals surface area contributed by atoms with Crippen molar-refractivity contribution in [1.82, 2.24) is 0 Å². The van der Waals surface area contributed by atoms with E-state index in [4.69, 9.17) is 9.47 Å². The van der Waals surface area contributed by atoms with Gasteiger partial charge in [-0.3, -0.25) is 4.79 Å². The van der Waals surface area contributed by atoms with Crippen LogP contribution in [-0.2, 0) is 31.9 Å². The van der Waals surface area contributed by atoms with Crippen LogP contribution in [-0.4, -0.2) is 28.9 Å². The van der Waals surface area contributed by atoms with Crippen LogP contribution in [0.25, 0.3) is 0 Å².